The molecule has 27 heavy (non-hydrogen) atoms. The maximum absolute atomic E-state index is 13.3. The lowest BCUT2D eigenvalue weighted by Crippen LogP contribution is -2.19. The predicted molar refractivity (Wildman–Crippen MR) is 102 cm³/mol. The van der Waals surface area contributed by atoms with Crippen molar-refractivity contribution >= 4 is 22.9 Å². The van der Waals surface area contributed by atoms with Crippen LogP contribution in [0, 0.1) is 5.82 Å². The summed E-state index contributed by atoms with van der Waals surface area (Å²) < 4.78 is 13.3. The number of carboxylic acids is 1. The third-order valence-corrected chi connectivity index (χ3v) is 4.28. The van der Waals surface area contributed by atoms with Gasteiger partial charge >= 0.3 is 5.97 Å². The Kier molecular flexibility index (Phi) is 5.69. The lowest BCUT2D eigenvalue weighted by Gasteiger charge is -2.10. The van der Waals surface area contributed by atoms with Crippen LogP contribution >= 0.6 is 0 Å². The second kappa shape index (κ2) is 8.16. The molecule has 0 spiro atoms. The van der Waals surface area contributed by atoms with E-state index in [4.69, 9.17) is 5.11 Å². The number of H-pyrrole nitrogens is 1. The highest BCUT2D eigenvalue weighted by atomic mass is 19.1. The van der Waals surface area contributed by atoms with Crippen LogP contribution in [-0.2, 0) is 4.79 Å². The highest BCUT2D eigenvalue weighted by Gasteiger charge is 2.15. The summed E-state index contributed by atoms with van der Waals surface area (Å²) in [5, 5.41) is 29.3. The zero-order valence-corrected chi connectivity index (χ0v) is 14.5. The van der Waals surface area contributed by atoms with E-state index in [1.807, 2.05) is 24.3 Å². The largest absolute Gasteiger partial charge is 0.481 e. The molecule has 1 heterocycles. The molecule has 3 rings (SSSR count). The number of rotatable bonds is 7. The number of aliphatic hydroxyl groups excluding tert-OH is 2. The van der Waals surface area contributed by atoms with Gasteiger partial charge in [-0.15, -0.1) is 0 Å². The van der Waals surface area contributed by atoms with E-state index in [1.165, 1.54) is 18.2 Å². The second-order valence-corrected chi connectivity index (χ2v) is 6.38. The van der Waals surface area contributed by atoms with Gasteiger partial charge in [-0.3, -0.25) is 4.79 Å². The number of aromatic amines is 1. The fourth-order valence-corrected chi connectivity index (χ4v) is 3.06. The summed E-state index contributed by atoms with van der Waals surface area (Å²) in [5.74, 6) is -1.44. The van der Waals surface area contributed by atoms with Crippen LogP contribution in [0.1, 0.15) is 18.5 Å². The van der Waals surface area contributed by atoms with Gasteiger partial charge in [0.1, 0.15) is 5.82 Å². The third-order valence-electron chi connectivity index (χ3n) is 4.28. The molecule has 0 aliphatic carbocycles. The predicted octanol–water partition coefficient (Wildman–Crippen LogP) is 3.57. The summed E-state index contributed by atoms with van der Waals surface area (Å²) in [7, 11) is 0. The standard InChI is InChI=1S/C21H20FNO4/c22-14-7-5-13(6-8-14)21-17-3-1-2-4-18(17)23-19(21)10-9-15(24)11-16(25)12-20(26)27/h1-10,15-16,23-25H,11-12H2,(H,26,27)/b10-9+/t15-,16-/m1/s1. The Balaban J connectivity index is 1.91. The summed E-state index contributed by atoms with van der Waals surface area (Å²) >= 11 is 0. The maximum atomic E-state index is 13.3. The first-order chi connectivity index (χ1) is 12.9. The zero-order valence-electron chi connectivity index (χ0n) is 14.5. The summed E-state index contributed by atoms with van der Waals surface area (Å²) in [6.07, 6.45) is 0.584. The van der Waals surface area contributed by atoms with Crippen molar-refractivity contribution in [1.82, 2.24) is 4.98 Å². The molecule has 0 radical (unpaired) electrons. The number of hydrogen-bond acceptors (Lipinski definition) is 3. The van der Waals surface area contributed by atoms with E-state index in [0.717, 1.165) is 27.7 Å². The Hall–Kier alpha value is -2.96. The van der Waals surface area contributed by atoms with Crippen molar-refractivity contribution in [2.24, 2.45) is 0 Å². The van der Waals surface area contributed by atoms with Gasteiger partial charge in [0, 0.05) is 28.6 Å². The van der Waals surface area contributed by atoms with Crippen molar-refractivity contribution in [3.05, 3.63) is 66.1 Å². The molecular weight excluding hydrogens is 349 g/mol. The monoisotopic (exact) mass is 369 g/mol. The highest BCUT2D eigenvalue weighted by Crippen LogP contribution is 2.33. The van der Waals surface area contributed by atoms with Crippen molar-refractivity contribution in [3.8, 4) is 11.1 Å². The van der Waals surface area contributed by atoms with Crippen molar-refractivity contribution in [1.29, 1.82) is 0 Å². The van der Waals surface area contributed by atoms with Crippen LogP contribution in [0.4, 0.5) is 4.39 Å². The van der Waals surface area contributed by atoms with Crippen molar-refractivity contribution in [3.63, 3.8) is 0 Å². The van der Waals surface area contributed by atoms with Crippen LogP contribution in [0.2, 0.25) is 0 Å². The molecule has 140 valence electrons. The Labute approximate surface area is 155 Å². The number of benzene rings is 2. The fraction of sp³-hybridized carbons (Fsp3) is 0.190. The number of aliphatic hydroxyl groups is 2. The molecule has 0 bridgehead atoms. The molecule has 0 saturated heterocycles. The summed E-state index contributed by atoms with van der Waals surface area (Å²) in [6, 6.07) is 13.8. The topological polar surface area (TPSA) is 93.6 Å². The van der Waals surface area contributed by atoms with Gasteiger partial charge in [-0.2, -0.15) is 0 Å². The van der Waals surface area contributed by atoms with Gasteiger partial charge in [0.15, 0.2) is 0 Å². The SMILES string of the molecule is O=C(O)C[C@H](O)C[C@H](O)/C=C/c1[nH]c2ccccc2c1-c1ccc(F)cc1. The highest BCUT2D eigenvalue weighted by molar-refractivity contribution is 6.00. The van der Waals surface area contributed by atoms with Crippen molar-refractivity contribution in [2.75, 3.05) is 0 Å². The molecule has 0 aliphatic rings. The number of para-hydroxylation sites is 1. The molecule has 0 amide bonds. The summed E-state index contributed by atoms with van der Waals surface area (Å²) in [4.78, 5) is 13.9. The molecule has 0 unspecified atom stereocenters. The first-order valence-electron chi connectivity index (χ1n) is 8.57. The lowest BCUT2D eigenvalue weighted by atomic mass is 10.0. The van der Waals surface area contributed by atoms with Gasteiger partial charge < -0.3 is 20.3 Å². The average Bonchev–Trinajstić information content (AvgIpc) is 2.98. The molecule has 5 nitrogen and oxygen atoms in total. The van der Waals surface area contributed by atoms with Crippen molar-refractivity contribution in [2.45, 2.75) is 25.0 Å². The Morgan fingerprint density at radius 1 is 1.11 bits per heavy atom. The number of carboxylic acid groups (broad SMARTS) is 1. The molecule has 2 atom stereocenters. The maximum Gasteiger partial charge on any atom is 0.305 e. The minimum atomic E-state index is -1.12. The number of fused-ring (bicyclic) bond motifs is 1. The smallest absolute Gasteiger partial charge is 0.305 e. The van der Waals surface area contributed by atoms with E-state index >= 15 is 0 Å². The number of carbonyl (C=O) groups is 1. The van der Waals surface area contributed by atoms with Crippen molar-refractivity contribution < 1.29 is 24.5 Å². The second-order valence-electron chi connectivity index (χ2n) is 6.38. The number of aromatic nitrogens is 1. The van der Waals surface area contributed by atoms with Crippen LogP contribution in [0.3, 0.4) is 0 Å². The van der Waals surface area contributed by atoms with E-state index in [1.54, 1.807) is 18.2 Å². The van der Waals surface area contributed by atoms with Crippen LogP contribution in [-0.4, -0.2) is 38.5 Å². The lowest BCUT2D eigenvalue weighted by molar-refractivity contribution is -0.139. The normalized spacial score (nSPS) is 13.9. The number of hydrogen-bond donors (Lipinski definition) is 4. The van der Waals surface area contributed by atoms with Gasteiger partial charge in [-0.05, 0) is 29.8 Å². The number of nitrogens with one attached hydrogen (secondary N) is 1. The minimum Gasteiger partial charge on any atom is -0.481 e. The Bertz CT molecular complexity index is 962. The van der Waals surface area contributed by atoms with Crippen LogP contribution in [0.25, 0.3) is 28.1 Å². The van der Waals surface area contributed by atoms with E-state index in [9.17, 15) is 19.4 Å². The summed E-state index contributed by atoms with van der Waals surface area (Å²) in [6.45, 7) is 0. The summed E-state index contributed by atoms with van der Waals surface area (Å²) in [5.41, 5.74) is 3.33. The van der Waals surface area contributed by atoms with Gasteiger partial charge in [0.2, 0.25) is 0 Å². The van der Waals surface area contributed by atoms with Crippen LogP contribution in [0.5, 0.6) is 0 Å². The number of aliphatic carboxylic acids is 1. The minimum absolute atomic E-state index is 0.0745. The molecule has 1 aromatic heterocycles. The third kappa shape index (κ3) is 4.61. The molecule has 0 aliphatic heterocycles. The van der Waals surface area contributed by atoms with E-state index in [0.29, 0.717) is 0 Å². The molecule has 0 fully saturated rings. The molecule has 0 saturated carbocycles. The van der Waals surface area contributed by atoms with E-state index < -0.39 is 24.6 Å². The van der Waals surface area contributed by atoms with Gasteiger partial charge in [0.25, 0.3) is 0 Å². The Morgan fingerprint density at radius 3 is 2.52 bits per heavy atom. The first-order valence-corrected chi connectivity index (χ1v) is 8.57. The van der Waals surface area contributed by atoms with Gasteiger partial charge in [-0.25, -0.2) is 4.39 Å². The fourth-order valence-electron chi connectivity index (χ4n) is 3.06. The molecule has 4 N–H and O–H groups in total. The molecule has 3 aromatic rings. The van der Waals surface area contributed by atoms with Crippen LogP contribution in [0.15, 0.2) is 54.6 Å². The zero-order chi connectivity index (χ0) is 19.4. The Morgan fingerprint density at radius 2 is 1.81 bits per heavy atom. The molecular formula is C21H20FNO4. The van der Waals surface area contributed by atoms with Gasteiger partial charge in [0.05, 0.1) is 18.6 Å². The quantitative estimate of drug-likeness (QED) is 0.512. The average molecular weight is 369 g/mol. The van der Waals surface area contributed by atoms with Gasteiger partial charge in [-0.1, -0.05) is 36.4 Å². The van der Waals surface area contributed by atoms with E-state index in [-0.39, 0.29) is 12.2 Å². The first kappa shape index (κ1) is 18.8. The molecule has 6 heteroatoms. The van der Waals surface area contributed by atoms with Crippen LogP contribution < -0.4 is 0 Å². The number of halogens is 1. The molecule has 2 aromatic carbocycles. The van der Waals surface area contributed by atoms with E-state index in [2.05, 4.69) is 4.98 Å².